The molecule has 0 radical (unpaired) electrons. The van der Waals surface area contributed by atoms with Gasteiger partial charge < -0.3 is 10.0 Å². The van der Waals surface area contributed by atoms with Gasteiger partial charge >= 0.3 is 5.97 Å². The third kappa shape index (κ3) is 1.30. The maximum Gasteiger partial charge on any atom is 0.308 e. The fourth-order valence-corrected chi connectivity index (χ4v) is 8.31. The smallest absolute Gasteiger partial charge is 0.308 e. The highest BCUT2D eigenvalue weighted by Gasteiger charge is 2.80. The average Bonchev–Trinajstić information content (AvgIpc) is 3.18. The molecule has 1 aromatic rings. The number of fused-ring (bicyclic) bond motifs is 3. The zero-order valence-electron chi connectivity index (χ0n) is 14.9. The summed E-state index contributed by atoms with van der Waals surface area (Å²) in [5.41, 5.74) is 1.48. The molecule has 3 spiro atoms. The van der Waals surface area contributed by atoms with E-state index in [0.29, 0.717) is 6.04 Å². The molecule has 0 aromatic heterocycles. The summed E-state index contributed by atoms with van der Waals surface area (Å²) in [5.74, 6) is -1.19. The van der Waals surface area contributed by atoms with Crippen molar-refractivity contribution in [3.63, 3.8) is 0 Å². The summed E-state index contributed by atoms with van der Waals surface area (Å²) in [6, 6.07) is 8.62. The van der Waals surface area contributed by atoms with Crippen molar-refractivity contribution in [2.24, 2.45) is 11.3 Å². The topological polar surface area (TPSA) is 60.9 Å². The first-order valence-corrected chi connectivity index (χ1v) is 9.92. The summed E-state index contributed by atoms with van der Waals surface area (Å²) < 4.78 is 0. The fraction of sp³-hybridized carbons (Fsp3) is 0.619. The van der Waals surface area contributed by atoms with Crippen LogP contribution in [-0.4, -0.2) is 47.1 Å². The van der Waals surface area contributed by atoms with Crippen molar-refractivity contribution in [3.05, 3.63) is 29.8 Å². The minimum absolute atomic E-state index is 0.103. The summed E-state index contributed by atoms with van der Waals surface area (Å²) in [6.07, 6.45) is 6.81. The van der Waals surface area contributed by atoms with Crippen molar-refractivity contribution in [3.8, 4) is 0 Å². The van der Waals surface area contributed by atoms with Crippen LogP contribution in [0.3, 0.4) is 0 Å². The van der Waals surface area contributed by atoms with Crippen LogP contribution in [0.5, 0.6) is 0 Å². The van der Waals surface area contributed by atoms with Gasteiger partial charge in [-0.2, -0.15) is 0 Å². The van der Waals surface area contributed by atoms with Gasteiger partial charge in [0.25, 0.3) is 0 Å². The van der Waals surface area contributed by atoms with Crippen molar-refractivity contribution in [1.29, 1.82) is 0 Å². The van der Waals surface area contributed by atoms with Gasteiger partial charge in [0, 0.05) is 17.1 Å². The van der Waals surface area contributed by atoms with Gasteiger partial charge in [0.1, 0.15) is 0 Å². The summed E-state index contributed by atoms with van der Waals surface area (Å²) >= 11 is 0. The first-order valence-electron chi connectivity index (χ1n) is 9.92. The number of anilines is 1. The Bertz CT molecular complexity index is 840. The fourth-order valence-electron chi connectivity index (χ4n) is 8.31. The SMILES string of the molecule is O=CN1c2ccccc2[C@@]23CCN4CCC[C@@]5(CC[C@@]12[C@H](C(=O)O)C5)[C@H]43. The Morgan fingerprint density at radius 3 is 2.81 bits per heavy atom. The van der Waals surface area contributed by atoms with Crippen molar-refractivity contribution in [2.45, 2.75) is 55.5 Å². The molecule has 0 unspecified atom stereocenters. The summed E-state index contributed by atoms with van der Waals surface area (Å²) in [5, 5.41) is 10.2. The number of carboxylic acid groups (broad SMARTS) is 1. The van der Waals surface area contributed by atoms with E-state index in [0.717, 1.165) is 57.3 Å². The van der Waals surface area contributed by atoms with E-state index in [2.05, 4.69) is 17.0 Å². The largest absolute Gasteiger partial charge is 0.481 e. The van der Waals surface area contributed by atoms with Crippen LogP contribution in [0.2, 0.25) is 0 Å². The lowest BCUT2D eigenvalue weighted by atomic mass is 9.38. The van der Waals surface area contributed by atoms with E-state index in [1.807, 2.05) is 17.0 Å². The van der Waals surface area contributed by atoms with Gasteiger partial charge in [-0.15, -0.1) is 0 Å². The number of benzene rings is 1. The minimum atomic E-state index is -0.717. The summed E-state index contributed by atoms with van der Waals surface area (Å²) in [6.45, 7) is 2.15. The van der Waals surface area contributed by atoms with Gasteiger partial charge in [-0.1, -0.05) is 18.2 Å². The molecule has 3 saturated carbocycles. The van der Waals surface area contributed by atoms with E-state index in [1.165, 1.54) is 12.0 Å². The summed E-state index contributed by atoms with van der Waals surface area (Å²) in [4.78, 5) is 29.3. The molecule has 7 rings (SSSR count). The number of amides is 1. The van der Waals surface area contributed by atoms with Crippen LogP contribution in [0, 0.1) is 11.3 Å². The number of rotatable bonds is 2. The molecule has 3 aliphatic heterocycles. The molecule has 5 fully saturated rings. The number of hydrogen-bond acceptors (Lipinski definition) is 3. The zero-order valence-corrected chi connectivity index (χ0v) is 14.9. The molecule has 6 aliphatic rings. The lowest BCUT2D eigenvalue weighted by Crippen LogP contribution is -2.78. The molecule has 2 saturated heterocycles. The van der Waals surface area contributed by atoms with E-state index in [4.69, 9.17) is 0 Å². The minimum Gasteiger partial charge on any atom is -0.481 e. The Morgan fingerprint density at radius 2 is 2.00 bits per heavy atom. The standard InChI is InChI=1S/C21H24N2O3/c24-13-23-16-5-2-1-4-14(16)20-9-11-22-10-3-6-19(18(20)22)7-8-21(20,23)15(12-19)17(25)26/h1-2,4-5,13,15,18H,3,6-12H2,(H,25,26)/t15-,18-,19-,20+,21-/m0/s1. The Hall–Kier alpha value is -1.88. The molecule has 2 bridgehead atoms. The number of nitrogens with zero attached hydrogens (tertiary/aromatic N) is 2. The van der Waals surface area contributed by atoms with Gasteiger partial charge in [0.05, 0.1) is 11.5 Å². The van der Waals surface area contributed by atoms with Gasteiger partial charge in [-0.25, -0.2) is 0 Å². The molecule has 1 amide bonds. The van der Waals surface area contributed by atoms with Gasteiger partial charge in [0.2, 0.25) is 6.41 Å². The zero-order chi connectivity index (χ0) is 17.7. The van der Waals surface area contributed by atoms with Crippen molar-refractivity contribution >= 4 is 18.1 Å². The van der Waals surface area contributed by atoms with E-state index in [9.17, 15) is 14.7 Å². The monoisotopic (exact) mass is 352 g/mol. The highest BCUT2D eigenvalue weighted by Crippen LogP contribution is 2.75. The predicted octanol–water partition coefficient (Wildman–Crippen LogP) is 2.39. The molecular weight excluding hydrogens is 328 g/mol. The third-order valence-corrected chi connectivity index (χ3v) is 8.77. The van der Waals surface area contributed by atoms with Gasteiger partial charge in [0.15, 0.2) is 0 Å². The lowest BCUT2D eigenvalue weighted by molar-refractivity contribution is -0.172. The first kappa shape index (κ1) is 15.2. The third-order valence-electron chi connectivity index (χ3n) is 8.77. The van der Waals surface area contributed by atoms with Crippen LogP contribution in [0.15, 0.2) is 24.3 Å². The lowest BCUT2D eigenvalue weighted by Gasteiger charge is -2.69. The molecule has 5 nitrogen and oxygen atoms in total. The Balaban J connectivity index is 1.71. The molecule has 5 atom stereocenters. The molecular formula is C21H24N2O3. The highest BCUT2D eigenvalue weighted by molar-refractivity contribution is 5.90. The summed E-state index contributed by atoms with van der Waals surface area (Å²) in [7, 11) is 0. The predicted molar refractivity (Wildman–Crippen MR) is 96.0 cm³/mol. The number of para-hydroxylation sites is 1. The van der Waals surface area contributed by atoms with Crippen LogP contribution in [0.25, 0.3) is 0 Å². The van der Waals surface area contributed by atoms with Crippen molar-refractivity contribution < 1.29 is 14.7 Å². The second-order valence-corrected chi connectivity index (χ2v) is 9.14. The Labute approximate surface area is 153 Å². The van der Waals surface area contributed by atoms with Crippen LogP contribution in [0.1, 0.15) is 44.1 Å². The first-order chi connectivity index (χ1) is 12.6. The maximum absolute atomic E-state index is 12.5. The average molecular weight is 352 g/mol. The molecule has 5 heteroatoms. The molecule has 3 heterocycles. The molecule has 3 aliphatic carbocycles. The number of hydrogen-bond donors (Lipinski definition) is 1. The van der Waals surface area contributed by atoms with Gasteiger partial charge in [-0.3, -0.25) is 14.5 Å². The second-order valence-electron chi connectivity index (χ2n) is 9.14. The Morgan fingerprint density at radius 1 is 1.15 bits per heavy atom. The maximum atomic E-state index is 12.5. The van der Waals surface area contributed by atoms with Crippen LogP contribution in [0.4, 0.5) is 5.69 Å². The van der Waals surface area contributed by atoms with Crippen molar-refractivity contribution in [2.75, 3.05) is 18.0 Å². The molecule has 26 heavy (non-hydrogen) atoms. The number of aliphatic carboxylic acids is 1. The molecule has 1 aromatic carbocycles. The number of carboxylic acids is 1. The van der Waals surface area contributed by atoms with E-state index in [-0.39, 0.29) is 10.8 Å². The number of carbonyl (C=O) groups is 2. The quantitative estimate of drug-likeness (QED) is 0.831. The Kier molecular flexibility index (Phi) is 2.63. The normalized spacial score (nSPS) is 45.2. The van der Waals surface area contributed by atoms with E-state index >= 15 is 0 Å². The van der Waals surface area contributed by atoms with Crippen LogP contribution >= 0.6 is 0 Å². The molecule has 136 valence electrons. The van der Waals surface area contributed by atoms with Crippen molar-refractivity contribution in [1.82, 2.24) is 4.90 Å². The molecule has 1 N–H and O–H groups in total. The van der Waals surface area contributed by atoms with E-state index < -0.39 is 17.4 Å². The van der Waals surface area contributed by atoms with Crippen LogP contribution < -0.4 is 4.90 Å². The number of piperidine rings is 1. The number of carbonyl (C=O) groups excluding carboxylic acids is 1. The second kappa shape index (κ2) is 4.50. The highest BCUT2D eigenvalue weighted by atomic mass is 16.4. The van der Waals surface area contributed by atoms with Crippen LogP contribution in [-0.2, 0) is 15.0 Å². The van der Waals surface area contributed by atoms with E-state index in [1.54, 1.807) is 0 Å². The van der Waals surface area contributed by atoms with Gasteiger partial charge in [-0.05, 0) is 68.7 Å².